The van der Waals surface area contributed by atoms with Crippen LogP contribution in [0.5, 0.6) is 0 Å². The summed E-state index contributed by atoms with van der Waals surface area (Å²) in [4.78, 5) is 41.9. The highest BCUT2D eigenvalue weighted by Crippen LogP contribution is 2.26. The van der Waals surface area contributed by atoms with Gasteiger partial charge in [-0.2, -0.15) is 5.10 Å². The topological polar surface area (TPSA) is 139 Å². The Kier molecular flexibility index (Phi) is 8.32. The number of methoxy groups -OCH3 is 1. The number of oxazole rings is 1. The molecule has 0 aliphatic carbocycles. The molecule has 38 heavy (non-hydrogen) atoms. The molecule has 196 valence electrons. The molecule has 0 fully saturated rings. The van der Waals surface area contributed by atoms with Crippen LogP contribution in [0.15, 0.2) is 71.3 Å². The molecule has 0 radical (unpaired) electrons. The minimum atomic E-state index is -0.967. The number of H-pyrrole nitrogens is 1. The molecule has 2 heterocycles. The van der Waals surface area contributed by atoms with Gasteiger partial charge in [0.25, 0.3) is 11.8 Å². The van der Waals surface area contributed by atoms with E-state index in [2.05, 4.69) is 25.8 Å². The number of benzene rings is 2. The second-order valence-corrected chi connectivity index (χ2v) is 8.60. The second-order valence-electron chi connectivity index (χ2n) is 8.60. The number of esters is 1. The Morgan fingerprint density at radius 2 is 1.68 bits per heavy atom. The number of amides is 2. The van der Waals surface area contributed by atoms with E-state index in [1.54, 1.807) is 48.5 Å². The molecule has 10 heteroatoms. The first kappa shape index (κ1) is 26.3. The van der Waals surface area contributed by atoms with E-state index in [-0.39, 0.29) is 23.4 Å². The number of aromatic amines is 1. The lowest BCUT2D eigenvalue weighted by atomic mass is 10.1. The van der Waals surface area contributed by atoms with Crippen molar-refractivity contribution >= 4 is 17.8 Å². The fourth-order valence-corrected chi connectivity index (χ4v) is 3.91. The SMILES string of the molecule is CCC(CC)NC(=O)c1cnc(-c2cccc(-c3cc(C(=O)NC(C(=O)OC)c4ccccc4)[nH]n3)c2)o1. The lowest BCUT2D eigenvalue weighted by Crippen LogP contribution is -2.34. The van der Waals surface area contributed by atoms with E-state index in [1.165, 1.54) is 13.3 Å². The van der Waals surface area contributed by atoms with Gasteiger partial charge in [0.05, 0.1) is 19.0 Å². The van der Waals surface area contributed by atoms with Crippen molar-refractivity contribution in [1.82, 2.24) is 25.8 Å². The van der Waals surface area contributed by atoms with Crippen LogP contribution in [0.25, 0.3) is 22.7 Å². The Labute approximate surface area is 219 Å². The summed E-state index contributed by atoms with van der Waals surface area (Å²) in [5.41, 5.74) is 2.62. The molecular weight excluding hydrogens is 486 g/mol. The molecule has 2 amide bonds. The van der Waals surface area contributed by atoms with Crippen LogP contribution in [0.3, 0.4) is 0 Å². The van der Waals surface area contributed by atoms with Gasteiger partial charge in [-0.05, 0) is 36.6 Å². The standard InChI is InChI=1S/C28H29N5O5/c1-4-20(5-2)30-26(35)23-16-29-27(38-23)19-13-9-12-18(14-19)21-15-22(33-32-21)25(34)31-24(28(36)37-3)17-10-7-6-8-11-17/h6-16,20,24H,4-5H2,1-3H3,(H,30,35)(H,31,34)(H,32,33). The third kappa shape index (κ3) is 5.97. The summed E-state index contributed by atoms with van der Waals surface area (Å²) >= 11 is 0. The molecule has 2 aromatic carbocycles. The van der Waals surface area contributed by atoms with Crippen LogP contribution in [0, 0.1) is 0 Å². The predicted octanol–water partition coefficient (Wildman–Crippen LogP) is 4.29. The number of hydrogen-bond donors (Lipinski definition) is 3. The average Bonchev–Trinajstić information content (AvgIpc) is 3.66. The minimum absolute atomic E-state index is 0.0704. The van der Waals surface area contributed by atoms with E-state index >= 15 is 0 Å². The number of aromatic nitrogens is 3. The molecule has 0 saturated heterocycles. The largest absolute Gasteiger partial charge is 0.467 e. The first-order chi connectivity index (χ1) is 18.4. The first-order valence-electron chi connectivity index (χ1n) is 12.3. The average molecular weight is 516 g/mol. The number of hydrogen-bond acceptors (Lipinski definition) is 7. The Bertz CT molecular complexity index is 1410. The molecule has 2 aromatic heterocycles. The monoisotopic (exact) mass is 515 g/mol. The lowest BCUT2D eigenvalue weighted by molar-refractivity contribution is -0.143. The zero-order valence-electron chi connectivity index (χ0n) is 21.4. The van der Waals surface area contributed by atoms with Gasteiger partial charge >= 0.3 is 5.97 Å². The summed E-state index contributed by atoms with van der Waals surface area (Å²) in [5.74, 6) is -0.985. The highest BCUT2D eigenvalue weighted by molar-refractivity contribution is 5.96. The van der Waals surface area contributed by atoms with Crippen LogP contribution < -0.4 is 10.6 Å². The van der Waals surface area contributed by atoms with Gasteiger partial charge < -0.3 is 19.8 Å². The van der Waals surface area contributed by atoms with Gasteiger partial charge in [-0.1, -0.05) is 56.3 Å². The van der Waals surface area contributed by atoms with Crippen molar-refractivity contribution in [2.45, 2.75) is 38.8 Å². The fraction of sp³-hybridized carbons (Fsp3) is 0.250. The molecule has 1 unspecified atom stereocenters. The van der Waals surface area contributed by atoms with E-state index in [1.807, 2.05) is 26.0 Å². The fourth-order valence-electron chi connectivity index (χ4n) is 3.91. The predicted molar refractivity (Wildman–Crippen MR) is 140 cm³/mol. The van der Waals surface area contributed by atoms with Crippen LogP contribution in [-0.4, -0.2) is 46.1 Å². The molecule has 0 aliphatic rings. The number of nitrogens with zero attached hydrogens (tertiary/aromatic N) is 2. The highest BCUT2D eigenvalue weighted by Gasteiger charge is 2.25. The summed E-state index contributed by atoms with van der Waals surface area (Å²) in [5, 5.41) is 12.6. The van der Waals surface area contributed by atoms with Gasteiger partial charge in [0, 0.05) is 17.2 Å². The highest BCUT2D eigenvalue weighted by atomic mass is 16.5. The van der Waals surface area contributed by atoms with Crippen LogP contribution in [0.1, 0.15) is 59.3 Å². The normalized spacial score (nSPS) is 11.7. The Morgan fingerprint density at radius 1 is 0.947 bits per heavy atom. The molecular formula is C28H29N5O5. The summed E-state index contributed by atoms with van der Waals surface area (Å²) < 4.78 is 10.6. The van der Waals surface area contributed by atoms with Crippen LogP contribution in [0.4, 0.5) is 0 Å². The van der Waals surface area contributed by atoms with E-state index in [0.717, 1.165) is 12.8 Å². The molecule has 1 atom stereocenters. The van der Waals surface area contributed by atoms with Crippen molar-refractivity contribution in [3.63, 3.8) is 0 Å². The Balaban J connectivity index is 1.50. The van der Waals surface area contributed by atoms with Crippen molar-refractivity contribution in [3.8, 4) is 22.7 Å². The van der Waals surface area contributed by atoms with E-state index in [0.29, 0.717) is 28.3 Å². The van der Waals surface area contributed by atoms with Crippen molar-refractivity contribution in [1.29, 1.82) is 0 Å². The number of carbonyl (C=O) groups is 3. The zero-order valence-corrected chi connectivity index (χ0v) is 21.4. The van der Waals surface area contributed by atoms with Crippen molar-refractivity contribution in [3.05, 3.63) is 83.9 Å². The van der Waals surface area contributed by atoms with Crippen molar-refractivity contribution in [2.24, 2.45) is 0 Å². The molecule has 4 aromatic rings. The van der Waals surface area contributed by atoms with E-state index in [9.17, 15) is 14.4 Å². The third-order valence-electron chi connectivity index (χ3n) is 6.12. The summed E-state index contributed by atoms with van der Waals surface area (Å²) in [6.07, 6.45) is 3.05. The van der Waals surface area contributed by atoms with Gasteiger partial charge in [0.2, 0.25) is 11.7 Å². The van der Waals surface area contributed by atoms with Crippen LogP contribution in [-0.2, 0) is 9.53 Å². The second kappa shape index (κ2) is 12.0. The summed E-state index contributed by atoms with van der Waals surface area (Å²) in [7, 11) is 1.27. The molecule has 10 nitrogen and oxygen atoms in total. The van der Waals surface area contributed by atoms with Crippen LogP contribution >= 0.6 is 0 Å². The Hall–Kier alpha value is -4.73. The number of carbonyl (C=O) groups excluding carboxylic acids is 3. The van der Waals surface area contributed by atoms with Gasteiger partial charge in [-0.25, -0.2) is 9.78 Å². The van der Waals surface area contributed by atoms with Crippen molar-refractivity contribution < 1.29 is 23.5 Å². The molecule has 3 N–H and O–H groups in total. The summed E-state index contributed by atoms with van der Waals surface area (Å²) in [6, 6.07) is 16.7. The number of rotatable bonds is 10. The molecule has 0 aliphatic heterocycles. The van der Waals surface area contributed by atoms with E-state index < -0.39 is 17.9 Å². The maximum atomic E-state index is 12.9. The molecule has 4 rings (SSSR count). The quantitative estimate of drug-likeness (QED) is 0.268. The van der Waals surface area contributed by atoms with Gasteiger partial charge in [-0.15, -0.1) is 0 Å². The number of ether oxygens (including phenoxy) is 1. The van der Waals surface area contributed by atoms with Gasteiger partial charge in [0.15, 0.2) is 6.04 Å². The maximum Gasteiger partial charge on any atom is 0.333 e. The molecule has 0 spiro atoms. The minimum Gasteiger partial charge on any atom is -0.467 e. The third-order valence-corrected chi connectivity index (χ3v) is 6.12. The molecule has 0 saturated carbocycles. The zero-order chi connectivity index (χ0) is 27.1. The first-order valence-corrected chi connectivity index (χ1v) is 12.3. The molecule has 0 bridgehead atoms. The lowest BCUT2D eigenvalue weighted by Gasteiger charge is -2.16. The number of nitrogens with one attached hydrogen (secondary N) is 3. The summed E-state index contributed by atoms with van der Waals surface area (Å²) in [6.45, 7) is 4.02. The van der Waals surface area contributed by atoms with Crippen molar-refractivity contribution in [2.75, 3.05) is 7.11 Å². The Morgan fingerprint density at radius 3 is 2.39 bits per heavy atom. The van der Waals surface area contributed by atoms with Crippen LogP contribution in [0.2, 0.25) is 0 Å². The maximum absolute atomic E-state index is 12.9. The van der Waals surface area contributed by atoms with Gasteiger partial charge in [-0.3, -0.25) is 14.7 Å². The smallest absolute Gasteiger partial charge is 0.333 e. The van der Waals surface area contributed by atoms with Gasteiger partial charge in [0.1, 0.15) is 5.69 Å². The van der Waals surface area contributed by atoms with E-state index in [4.69, 9.17) is 9.15 Å².